The van der Waals surface area contributed by atoms with Crippen LogP contribution in [0.2, 0.25) is 0 Å². The summed E-state index contributed by atoms with van der Waals surface area (Å²) in [6.45, 7) is -0.623. The van der Waals surface area contributed by atoms with Crippen molar-refractivity contribution >= 4 is 41.3 Å². The van der Waals surface area contributed by atoms with E-state index in [1.165, 1.54) is 13.1 Å². The van der Waals surface area contributed by atoms with E-state index in [9.17, 15) is 22.0 Å². The van der Waals surface area contributed by atoms with Gasteiger partial charge in [0, 0.05) is 37.5 Å². The van der Waals surface area contributed by atoms with Crippen LogP contribution in [0.3, 0.4) is 0 Å². The zero-order valence-electron chi connectivity index (χ0n) is 15.5. The van der Waals surface area contributed by atoms with Gasteiger partial charge in [0.05, 0.1) is 5.01 Å². The predicted octanol–water partition coefficient (Wildman–Crippen LogP) is 4.60. The molecule has 0 amide bonds. The normalized spacial score (nSPS) is 11.9. The summed E-state index contributed by atoms with van der Waals surface area (Å²) in [4.78, 5) is 7.55. The quantitative estimate of drug-likeness (QED) is 0.229. The Morgan fingerprint density at radius 2 is 2.00 bits per heavy atom. The molecule has 0 bridgehead atoms. The fourth-order valence-corrected chi connectivity index (χ4v) is 3.11. The fraction of sp³-hybridized carbons (Fsp3) is 0.412. The van der Waals surface area contributed by atoms with Crippen molar-refractivity contribution < 1.29 is 26.7 Å². The molecule has 29 heavy (non-hydrogen) atoms. The molecule has 2 aromatic rings. The highest BCUT2D eigenvalue weighted by Gasteiger charge is 2.33. The van der Waals surface area contributed by atoms with E-state index in [2.05, 4.69) is 25.3 Å². The van der Waals surface area contributed by atoms with Gasteiger partial charge in [-0.15, -0.1) is 35.3 Å². The third-order valence-electron chi connectivity index (χ3n) is 3.58. The number of rotatable bonds is 7. The number of hydrogen-bond donors (Lipinski definition) is 2. The molecule has 162 valence electrons. The Morgan fingerprint density at radius 3 is 2.59 bits per heavy atom. The summed E-state index contributed by atoms with van der Waals surface area (Å²) in [5.74, 6) is 0.433. The molecule has 1 heterocycles. The summed E-state index contributed by atoms with van der Waals surface area (Å²) in [6, 6.07) is 4.85. The SMILES string of the molecule is CN=C(NCCc1nc(C(F)(F)F)cs1)NCc1cc(C)ccc1OC(F)F.I. The Hall–Kier alpha value is -1.70. The predicted molar refractivity (Wildman–Crippen MR) is 112 cm³/mol. The average Bonchev–Trinajstić information content (AvgIpc) is 3.09. The van der Waals surface area contributed by atoms with E-state index in [-0.39, 0.29) is 42.7 Å². The molecule has 0 unspecified atom stereocenters. The van der Waals surface area contributed by atoms with E-state index in [1.54, 1.807) is 12.1 Å². The molecule has 0 aliphatic heterocycles. The smallest absolute Gasteiger partial charge is 0.434 e. The molecular formula is C17H20F5IN4OS. The Kier molecular flexibility index (Phi) is 10.0. The second kappa shape index (κ2) is 11.5. The van der Waals surface area contributed by atoms with Gasteiger partial charge in [-0.3, -0.25) is 4.99 Å². The number of alkyl halides is 5. The van der Waals surface area contributed by atoms with E-state index in [0.29, 0.717) is 23.1 Å². The topological polar surface area (TPSA) is 58.5 Å². The maximum absolute atomic E-state index is 12.6. The van der Waals surface area contributed by atoms with Crippen LogP contribution in [0, 0.1) is 6.92 Å². The lowest BCUT2D eigenvalue weighted by atomic mass is 10.1. The lowest BCUT2D eigenvalue weighted by Gasteiger charge is -2.15. The van der Waals surface area contributed by atoms with E-state index in [0.717, 1.165) is 22.3 Å². The monoisotopic (exact) mass is 550 g/mol. The van der Waals surface area contributed by atoms with Crippen LogP contribution in [0.4, 0.5) is 22.0 Å². The van der Waals surface area contributed by atoms with Crippen LogP contribution in [0.5, 0.6) is 5.75 Å². The maximum atomic E-state index is 12.6. The summed E-state index contributed by atoms with van der Waals surface area (Å²) in [5, 5.41) is 7.23. The van der Waals surface area contributed by atoms with Crippen molar-refractivity contribution in [3.8, 4) is 5.75 Å². The van der Waals surface area contributed by atoms with Gasteiger partial charge in [0.1, 0.15) is 5.75 Å². The van der Waals surface area contributed by atoms with Gasteiger partial charge in [-0.05, 0) is 13.0 Å². The zero-order valence-corrected chi connectivity index (χ0v) is 18.7. The molecule has 0 radical (unpaired) electrons. The number of ether oxygens (including phenoxy) is 1. The first-order valence-corrected chi connectivity index (χ1v) is 9.07. The Bertz CT molecular complexity index is 813. The minimum Gasteiger partial charge on any atom is -0.434 e. The standard InChI is InChI=1S/C17H19F5N4OS.HI/c1-10-3-4-12(27-15(18)19)11(7-10)8-25-16(23-2)24-6-5-14-26-13(9-28-14)17(20,21)22;/h3-4,7,9,15H,5-6,8H2,1-2H3,(H2,23,24,25);1H. The van der Waals surface area contributed by atoms with Gasteiger partial charge in [-0.2, -0.15) is 22.0 Å². The lowest BCUT2D eigenvalue weighted by Crippen LogP contribution is -2.38. The highest BCUT2D eigenvalue weighted by atomic mass is 127. The molecule has 1 aromatic carbocycles. The molecule has 0 saturated carbocycles. The first-order chi connectivity index (χ1) is 13.2. The summed E-state index contributed by atoms with van der Waals surface area (Å²) in [5.41, 5.74) is 0.504. The van der Waals surface area contributed by atoms with Crippen LogP contribution in [0.15, 0.2) is 28.6 Å². The lowest BCUT2D eigenvalue weighted by molar-refractivity contribution is -0.140. The third-order valence-corrected chi connectivity index (χ3v) is 4.48. The molecule has 5 nitrogen and oxygen atoms in total. The molecule has 0 atom stereocenters. The number of nitrogens with one attached hydrogen (secondary N) is 2. The second-order valence-corrected chi connectivity index (χ2v) is 6.66. The minimum absolute atomic E-state index is 0. The average molecular weight is 550 g/mol. The van der Waals surface area contributed by atoms with Crippen LogP contribution in [0.25, 0.3) is 0 Å². The number of guanidine groups is 1. The summed E-state index contributed by atoms with van der Waals surface area (Å²) in [6.07, 6.45) is -4.17. The van der Waals surface area contributed by atoms with Crippen LogP contribution in [0.1, 0.15) is 21.8 Å². The van der Waals surface area contributed by atoms with Gasteiger partial charge >= 0.3 is 12.8 Å². The largest absolute Gasteiger partial charge is 0.434 e. The summed E-state index contributed by atoms with van der Waals surface area (Å²) < 4.78 is 67.2. The zero-order chi connectivity index (χ0) is 20.7. The molecule has 1 aromatic heterocycles. The van der Waals surface area contributed by atoms with Crippen molar-refractivity contribution in [3.63, 3.8) is 0 Å². The van der Waals surface area contributed by atoms with Crippen molar-refractivity contribution in [2.24, 2.45) is 4.99 Å². The van der Waals surface area contributed by atoms with Gasteiger partial charge < -0.3 is 15.4 Å². The van der Waals surface area contributed by atoms with Crippen molar-refractivity contribution in [3.05, 3.63) is 45.4 Å². The molecule has 2 rings (SSSR count). The molecule has 0 saturated heterocycles. The molecule has 0 aliphatic carbocycles. The van der Waals surface area contributed by atoms with E-state index >= 15 is 0 Å². The first-order valence-electron chi connectivity index (χ1n) is 8.19. The summed E-state index contributed by atoms with van der Waals surface area (Å²) >= 11 is 0.936. The first kappa shape index (κ1) is 25.3. The van der Waals surface area contributed by atoms with Crippen LogP contribution in [-0.2, 0) is 19.1 Å². The van der Waals surface area contributed by atoms with Crippen molar-refractivity contribution in [1.29, 1.82) is 0 Å². The molecular weight excluding hydrogens is 530 g/mol. The minimum atomic E-state index is -4.45. The molecule has 0 fully saturated rings. The van der Waals surface area contributed by atoms with E-state index in [4.69, 9.17) is 0 Å². The van der Waals surface area contributed by atoms with E-state index < -0.39 is 18.5 Å². The number of aromatic nitrogens is 1. The number of halogens is 6. The van der Waals surface area contributed by atoms with E-state index in [1.807, 2.05) is 6.92 Å². The molecule has 0 spiro atoms. The number of benzene rings is 1. The number of thiazole rings is 1. The van der Waals surface area contributed by atoms with Crippen molar-refractivity contribution in [2.45, 2.75) is 32.7 Å². The Balaban J connectivity index is 0.00000420. The molecule has 12 heteroatoms. The number of nitrogens with zero attached hydrogens (tertiary/aromatic N) is 2. The van der Waals surface area contributed by atoms with Crippen LogP contribution < -0.4 is 15.4 Å². The van der Waals surface area contributed by atoms with Gasteiger partial charge in [0.25, 0.3) is 0 Å². The van der Waals surface area contributed by atoms with Crippen LogP contribution in [-0.4, -0.2) is 31.1 Å². The summed E-state index contributed by atoms with van der Waals surface area (Å²) in [7, 11) is 1.52. The third kappa shape index (κ3) is 8.28. The maximum Gasteiger partial charge on any atom is 0.434 e. The molecule has 0 aliphatic rings. The number of aryl methyl sites for hydroxylation is 1. The van der Waals surface area contributed by atoms with Crippen molar-refractivity contribution in [1.82, 2.24) is 15.6 Å². The highest BCUT2D eigenvalue weighted by Crippen LogP contribution is 2.30. The number of aliphatic imine (C=N–C) groups is 1. The number of hydrogen-bond acceptors (Lipinski definition) is 4. The molecule has 2 N–H and O–H groups in total. The fourth-order valence-electron chi connectivity index (χ4n) is 2.30. The Morgan fingerprint density at radius 1 is 1.28 bits per heavy atom. The van der Waals surface area contributed by atoms with Crippen molar-refractivity contribution in [2.75, 3.05) is 13.6 Å². The highest BCUT2D eigenvalue weighted by molar-refractivity contribution is 14.0. The van der Waals surface area contributed by atoms with Gasteiger partial charge in [-0.25, -0.2) is 4.98 Å². The van der Waals surface area contributed by atoms with Gasteiger partial charge in [0.2, 0.25) is 0 Å². The van der Waals surface area contributed by atoms with Crippen LogP contribution >= 0.6 is 35.3 Å². The second-order valence-electron chi connectivity index (χ2n) is 5.72. The Labute approximate surface area is 185 Å². The van der Waals surface area contributed by atoms with Gasteiger partial charge in [0.15, 0.2) is 11.7 Å². The van der Waals surface area contributed by atoms with Gasteiger partial charge in [-0.1, -0.05) is 17.7 Å².